The Morgan fingerprint density at radius 3 is 2.48 bits per heavy atom. The number of hydrogen-bond acceptors (Lipinski definition) is 3. The molecule has 0 aliphatic rings. The minimum Gasteiger partial charge on any atom is -0.463 e. The van der Waals surface area contributed by atoms with Crippen molar-refractivity contribution in [1.29, 1.82) is 0 Å². The van der Waals surface area contributed by atoms with Crippen molar-refractivity contribution < 1.29 is 9.53 Å². The van der Waals surface area contributed by atoms with Gasteiger partial charge >= 0.3 is 5.97 Å². The molecule has 0 spiro atoms. The van der Waals surface area contributed by atoms with Crippen molar-refractivity contribution >= 4 is 17.7 Å². The van der Waals surface area contributed by atoms with Gasteiger partial charge in [0, 0.05) is 18.3 Å². The molecule has 1 N–H and O–H groups in total. The van der Waals surface area contributed by atoms with Crippen molar-refractivity contribution in [2.24, 2.45) is 0 Å². The van der Waals surface area contributed by atoms with E-state index in [9.17, 15) is 4.79 Å². The largest absolute Gasteiger partial charge is 0.463 e. The predicted molar refractivity (Wildman–Crippen MR) is 95.0 cm³/mol. The Bertz CT molecular complexity index is 658. The molecule has 0 heterocycles. The van der Waals surface area contributed by atoms with Gasteiger partial charge in [0.15, 0.2) is 0 Å². The number of hydrogen-bond donors (Lipinski definition) is 1. The average Bonchev–Trinajstić information content (AvgIpc) is 2.59. The third kappa shape index (κ3) is 6.22. The minimum absolute atomic E-state index is 0.322. The fourth-order valence-electron chi connectivity index (χ4n) is 2.00. The van der Waals surface area contributed by atoms with E-state index in [1.165, 1.54) is 11.6 Å². The number of allylic oxidation sites excluding steroid dienone is 2. The smallest absolute Gasteiger partial charge is 0.330 e. The van der Waals surface area contributed by atoms with Gasteiger partial charge in [0.2, 0.25) is 0 Å². The molecule has 0 radical (unpaired) electrons. The van der Waals surface area contributed by atoms with E-state index in [4.69, 9.17) is 4.74 Å². The molecule has 23 heavy (non-hydrogen) atoms. The molecule has 0 unspecified atom stereocenters. The highest BCUT2D eigenvalue weighted by molar-refractivity contribution is 5.82. The second-order valence-corrected chi connectivity index (χ2v) is 4.93. The fourth-order valence-corrected chi connectivity index (χ4v) is 2.00. The summed E-state index contributed by atoms with van der Waals surface area (Å²) in [4.78, 5) is 11.1. The molecule has 0 aliphatic heterocycles. The van der Waals surface area contributed by atoms with Crippen LogP contribution in [0.25, 0.3) is 6.08 Å². The first-order valence-corrected chi connectivity index (χ1v) is 7.67. The molecular weight excluding hydrogens is 286 g/mol. The maximum atomic E-state index is 11.1. The molecule has 0 atom stereocenters. The first-order valence-electron chi connectivity index (χ1n) is 7.67. The first-order chi connectivity index (χ1) is 11.3. The van der Waals surface area contributed by atoms with Crippen LogP contribution >= 0.6 is 0 Å². The maximum Gasteiger partial charge on any atom is 0.330 e. The van der Waals surface area contributed by atoms with Crippen LogP contribution in [-0.4, -0.2) is 12.6 Å². The zero-order chi connectivity index (χ0) is 16.3. The molecule has 0 amide bonds. The standard InChI is InChI=1S/C20H21NO2/c1-2-23-20(22)11-7-6-8-17-12-14-19(15-13-17)21-16-18-9-4-3-5-10-18/h3-15,21H,2,16H2,1H3. The summed E-state index contributed by atoms with van der Waals surface area (Å²) in [6.07, 6.45) is 6.86. The van der Waals surface area contributed by atoms with E-state index in [0.29, 0.717) is 6.61 Å². The Labute approximate surface area is 137 Å². The van der Waals surface area contributed by atoms with Gasteiger partial charge in [-0.25, -0.2) is 4.79 Å². The van der Waals surface area contributed by atoms with Crippen molar-refractivity contribution in [2.75, 3.05) is 11.9 Å². The van der Waals surface area contributed by atoms with E-state index in [1.54, 1.807) is 13.0 Å². The van der Waals surface area contributed by atoms with E-state index in [2.05, 4.69) is 17.4 Å². The van der Waals surface area contributed by atoms with Crippen molar-refractivity contribution in [3.8, 4) is 0 Å². The fraction of sp³-hybridized carbons (Fsp3) is 0.150. The Hall–Kier alpha value is -2.81. The van der Waals surface area contributed by atoms with Crippen molar-refractivity contribution in [3.63, 3.8) is 0 Å². The summed E-state index contributed by atoms with van der Waals surface area (Å²) >= 11 is 0. The van der Waals surface area contributed by atoms with Crippen LogP contribution in [0.1, 0.15) is 18.1 Å². The van der Waals surface area contributed by atoms with Gasteiger partial charge in [-0.3, -0.25) is 0 Å². The molecule has 0 saturated heterocycles. The van der Waals surface area contributed by atoms with Gasteiger partial charge in [0.25, 0.3) is 0 Å². The molecule has 0 aliphatic carbocycles. The van der Waals surface area contributed by atoms with E-state index >= 15 is 0 Å². The summed E-state index contributed by atoms with van der Waals surface area (Å²) in [5.74, 6) is -0.322. The van der Waals surface area contributed by atoms with Gasteiger partial charge in [-0.1, -0.05) is 60.7 Å². The number of carbonyl (C=O) groups is 1. The quantitative estimate of drug-likeness (QED) is 0.467. The Morgan fingerprint density at radius 1 is 1.04 bits per heavy atom. The highest BCUT2D eigenvalue weighted by atomic mass is 16.5. The average molecular weight is 307 g/mol. The van der Waals surface area contributed by atoms with Crippen LogP contribution in [0.4, 0.5) is 5.69 Å². The number of anilines is 1. The summed E-state index contributed by atoms with van der Waals surface area (Å²) in [7, 11) is 0. The number of nitrogens with one attached hydrogen (secondary N) is 1. The number of esters is 1. The van der Waals surface area contributed by atoms with Crippen molar-refractivity contribution in [3.05, 3.63) is 84.0 Å². The van der Waals surface area contributed by atoms with Gasteiger partial charge in [0.1, 0.15) is 0 Å². The maximum absolute atomic E-state index is 11.1. The molecule has 3 nitrogen and oxygen atoms in total. The van der Waals surface area contributed by atoms with Gasteiger partial charge in [-0.2, -0.15) is 0 Å². The summed E-state index contributed by atoms with van der Waals surface area (Å²) in [5, 5.41) is 3.39. The van der Waals surface area contributed by atoms with Crippen LogP contribution in [0.2, 0.25) is 0 Å². The molecule has 2 aromatic rings. The van der Waals surface area contributed by atoms with Crippen LogP contribution in [0.3, 0.4) is 0 Å². The van der Waals surface area contributed by atoms with Crippen LogP contribution in [0.5, 0.6) is 0 Å². The highest BCUT2D eigenvalue weighted by Gasteiger charge is 1.94. The van der Waals surface area contributed by atoms with Gasteiger partial charge < -0.3 is 10.1 Å². The first kappa shape index (κ1) is 16.6. The third-order valence-corrected chi connectivity index (χ3v) is 3.17. The van der Waals surface area contributed by atoms with Crippen LogP contribution < -0.4 is 5.32 Å². The van der Waals surface area contributed by atoms with Crippen LogP contribution in [0, 0.1) is 0 Å². The van der Waals surface area contributed by atoms with E-state index in [1.807, 2.05) is 54.6 Å². The second kappa shape index (κ2) is 9.26. The number of carbonyl (C=O) groups excluding carboxylic acids is 1. The SMILES string of the molecule is CCOC(=O)C=CC=Cc1ccc(NCc2ccccc2)cc1. The molecular formula is C20H21NO2. The lowest BCUT2D eigenvalue weighted by molar-refractivity contribution is -0.137. The monoisotopic (exact) mass is 307 g/mol. The second-order valence-electron chi connectivity index (χ2n) is 4.93. The minimum atomic E-state index is -0.322. The molecule has 0 saturated carbocycles. The summed E-state index contributed by atoms with van der Waals surface area (Å²) in [6, 6.07) is 18.4. The summed E-state index contributed by atoms with van der Waals surface area (Å²) < 4.78 is 4.81. The van der Waals surface area contributed by atoms with Gasteiger partial charge in [-0.15, -0.1) is 0 Å². The molecule has 3 heteroatoms. The Balaban J connectivity index is 1.83. The molecule has 0 fully saturated rings. The zero-order valence-electron chi connectivity index (χ0n) is 13.2. The van der Waals surface area contributed by atoms with E-state index in [-0.39, 0.29) is 5.97 Å². The molecule has 118 valence electrons. The predicted octanol–water partition coefficient (Wildman–Crippen LogP) is 4.43. The lowest BCUT2D eigenvalue weighted by Crippen LogP contribution is -1.98. The zero-order valence-corrected chi connectivity index (χ0v) is 13.2. The summed E-state index contributed by atoms with van der Waals surface area (Å²) in [5.41, 5.74) is 3.40. The summed E-state index contributed by atoms with van der Waals surface area (Å²) in [6.45, 7) is 2.98. The van der Waals surface area contributed by atoms with Crippen molar-refractivity contribution in [2.45, 2.75) is 13.5 Å². The highest BCUT2D eigenvalue weighted by Crippen LogP contribution is 2.12. The Morgan fingerprint density at radius 2 is 1.78 bits per heavy atom. The molecule has 0 bridgehead atoms. The Kier molecular flexibility index (Phi) is 6.66. The molecule has 2 aromatic carbocycles. The molecule has 2 rings (SSSR count). The van der Waals surface area contributed by atoms with Crippen LogP contribution in [-0.2, 0) is 16.1 Å². The van der Waals surface area contributed by atoms with Gasteiger partial charge in [-0.05, 0) is 30.2 Å². The van der Waals surface area contributed by atoms with E-state index < -0.39 is 0 Å². The topological polar surface area (TPSA) is 38.3 Å². The number of benzene rings is 2. The van der Waals surface area contributed by atoms with E-state index in [0.717, 1.165) is 17.8 Å². The number of ether oxygens (including phenoxy) is 1. The number of rotatable bonds is 7. The van der Waals surface area contributed by atoms with Gasteiger partial charge in [0.05, 0.1) is 6.61 Å². The normalized spacial score (nSPS) is 11.0. The van der Waals surface area contributed by atoms with Crippen LogP contribution in [0.15, 0.2) is 72.8 Å². The lowest BCUT2D eigenvalue weighted by Gasteiger charge is -2.06. The third-order valence-electron chi connectivity index (χ3n) is 3.17. The van der Waals surface area contributed by atoms with Crippen molar-refractivity contribution in [1.82, 2.24) is 0 Å². The lowest BCUT2D eigenvalue weighted by atomic mass is 10.2. The molecule has 0 aromatic heterocycles.